The van der Waals surface area contributed by atoms with Gasteiger partial charge >= 0.3 is 5.97 Å². The van der Waals surface area contributed by atoms with E-state index in [1.807, 2.05) is 14.1 Å². The Morgan fingerprint density at radius 2 is 1.94 bits per heavy atom. The summed E-state index contributed by atoms with van der Waals surface area (Å²) in [6.45, 7) is 1.41. The van der Waals surface area contributed by atoms with Gasteiger partial charge in [0.1, 0.15) is 0 Å². The zero-order valence-electron chi connectivity index (χ0n) is 10.7. The highest BCUT2D eigenvalue weighted by Gasteiger charge is 1.99. The zero-order valence-corrected chi connectivity index (χ0v) is 10.7. The number of rotatable bonds is 6. The third-order valence-corrected chi connectivity index (χ3v) is 2.52. The number of hydrogen-bond acceptors (Lipinski definition) is 4. The molecule has 0 aliphatic heterocycles. The second kappa shape index (κ2) is 6.91. The lowest BCUT2D eigenvalue weighted by Crippen LogP contribution is -2.18. The van der Waals surface area contributed by atoms with Crippen molar-refractivity contribution in [3.8, 4) is 0 Å². The molecule has 0 aliphatic carbocycles. The standard InChI is InChI=1S/C13H20N2O2/c1-15(2)12-6-4-11(5-7-12)10-14-9-8-13(16)17-3/h4-7,14H,8-10H2,1-3H3. The normalized spacial score (nSPS) is 10.1. The van der Waals surface area contributed by atoms with E-state index in [2.05, 4.69) is 39.2 Å². The van der Waals surface area contributed by atoms with E-state index >= 15 is 0 Å². The van der Waals surface area contributed by atoms with Gasteiger partial charge in [-0.2, -0.15) is 0 Å². The van der Waals surface area contributed by atoms with Crippen LogP contribution in [-0.4, -0.2) is 33.7 Å². The van der Waals surface area contributed by atoms with Gasteiger partial charge in [-0.05, 0) is 17.7 Å². The highest BCUT2D eigenvalue weighted by Crippen LogP contribution is 2.11. The maximum absolute atomic E-state index is 10.9. The molecule has 17 heavy (non-hydrogen) atoms. The average molecular weight is 236 g/mol. The van der Waals surface area contributed by atoms with Gasteiger partial charge in [0.25, 0.3) is 0 Å². The van der Waals surface area contributed by atoms with Crippen molar-refractivity contribution in [3.63, 3.8) is 0 Å². The Morgan fingerprint density at radius 3 is 2.47 bits per heavy atom. The number of ether oxygens (including phenoxy) is 1. The minimum atomic E-state index is -0.180. The number of methoxy groups -OCH3 is 1. The van der Waals surface area contributed by atoms with Gasteiger partial charge in [0.05, 0.1) is 13.5 Å². The van der Waals surface area contributed by atoms with Crippen molar-refractivity contribution in [2.75, 3.05) is 32.6 Å². The van der Waals surface area contributed by atoms with Gasteiger partial charge in [0.2, 0.25) is 0 Å². The van der Waals surface area contributed by atoms with Crippen LogP contribution >= 0.6 is 0 Å². The summed E-state index contributed by atoms with van der Waals surface area (Å²) in [5.41, 5.74) is 2.39. The van der Waals surface area contributed by atoms with E-state index in [0.717, 1.165) is 6.54 Å². The first kappa shape index (κ1) is 13.5. The molecule has 0 aliphatic rings. The summed E-state index contributed by atoms with van der Waals surface area (Å²) >= 11 is 0. The van der Waals surface area contributed by atoms with Gasteiger partial charge < -0.3 is 15.0 Å². The third-order valence-electron chi connectivity index (χ3n) is 2.52. The van der Waals surface area contributed by atoms with Crippen LogP contribution in [0.3, 0.4) is 0 Å². The zero-order chi connectivity index (χ0) is 12.7. The first-order chi connectivity index (χ1) is 8.13. The predicted octanol–water partition coefficient (Wildman–Crippen LogP) is 1.41. The maximum atomic E-state index is 10.9. The van der Waals surface area contributed by atoms with Crippen LogP contribution in [0.1, 0.15) is 12.0 Å². The molecule has 0 unspecified atom stereocenters. The van der Waals surface area contributed by atoms with Crippen LogP contribution in [0.5, 0.6) is 0 Å². The highest BCUT2D eigenvalue weighted by molar-refractivity contribution is 5.69. The number of nitrogens with one attached hydrogen (secondary N) is 1. The summed E-state index contributed by atoms with van der Waals surface area (Å²) in [5.74, 6) is -0.180. The molecule has 1 aromatic carbocycles. The molecule has 1 rings (SSSR count). The Kier molecular flexibility index (Phi) is 5.49. The number of anilines is 1. The molecule has 1 aromatic rings. The quantitative estimate of drug-likeness (QED) is 0.599. The molecule has 4 heteroatoms. The smallest absolute Gasteiger partial charge is 0.306 e. The van der Waals surface area contributed by atoms with Crippen molar-refractivity contribution in [1.82, 2.24) is 5.32 Å². The molecule has 0 saturated heterocycles. The number of benzene rings is 1. The first-order valence-electron chi connectivity index (χ1n) is 5.67. The topological polar surface area (TPSA) is 41.6 Å². The molecular formula is C13H20N2O2. The molecule has 0 spiro atoms. The van der Waals surface area contributed by atoms with E-state index < -0.39 is 0 Å². The van der Waals surface area contributed by atoms with Gasteiger partial charge in [-0.15, -0.1) is 0 Å². The van der Waals surface area contributed by atoms with E-state index in [4.69, 9.17) is 0 Å². The minimum Gasteiger partial charge on any atom is -0.469 e. The fourth-order valence-electron chi connectivity index (χ4n) is 1.44. The number of carbonyl (C=O) groups is 1. The Hall–Kier alpha value is -1.55. The molecule has 0 amide bonds. The summed E-state index contributed by atoms with van der Waals surface area (Å²) in [4.78, 5) is 12.9. The van der Waals surface area contributed by atoms with Gasteiger partial charge in [0.15, 0.2) is 0 Å². The number of hydrogen-bond donors (Lipinski definition) is 1. The Bertz CT molecular complexity index is 347. The predicted molar refractivity (Wildman–Crippen MR) is 69.1 cm³/mol. The number of nitrogens with zero attached hydrogens (tertiary/aromatic N) is 1. The summed E-state index contributed by atoms with van der Waals surface area (Å²) in [5, 5.41) is 3.20. The van der Waals surface area contributed by atoms with Gasteiger partial charge in [-0.3, -0.25) is 4.79 Å². The Labute approximate surface area is 103 Å². The molecule has 0 aromatic heterocycles. The summed E-state index contributed by atoms with van der Waals surface area (Å²) < 4.78 is 4.56. The summed E-state index contributed by atoms with van der Waals surface area (Å²) in [6, 6.07) is 8.33. The first-order valence-corrected chi connectivity index (χ1v) is 5.67. The molecule has 4 nitrogen and oxygen atoms in total. The largest absolute Gasteiger partial charge is 0.469 e. The molecule has 0 radical (unpaired) electrons. The Morgan fingerprint density at radius 1 is 1.29 bits per heavy atom. The molecule has 1 N–H and O–H groups in total. The van der Waals surface area contributed by atoms with Crippen LogP contribution in [-0.2, 0) is 16.1 Å². The fourth-order valence-corrected chi connectivity index (χ4v) is 1.44. The van der Waals surface area contributed by atoms with Gasteiger partial charge in [-0.1, -0.05) is 12.1 Å². The highest BCUT2D eigenvalue weighted by atomic mass is 16.5. The van der Waals surface area contributed by atoms with Crippen molar-refractivity contribution < 1.29 is 9.53 Å². The monoisotopic (exact) mass is 236 g/mol. The van der Waals surface area contributed by atoms with Crippen LogP contribution in [0.2, 0.25) is 0 Å². The molecule has 0 atom stereocenters. The van der Waals surface area contributed by atoms with Crippen LogP contribution in [0.15, 0.2) is 24.3 Å². The fraction of sp³-hybridized carbons (Fsp3) is 0.462. The number of carbonyl (C=O) groups excluding carboxylic acids is 1. The molecule has 0 fully saturated rings. The maximum Gasteiger partial charge on any atom is 0.306 e. The summed E-state index contributed by atoms with van der Waals surface area (Å²) in [6.07, 6.45) is 0.409. The lowest BCUT2D eigenvalue weighted by Gasteiger charge is -2.12. The lowest BCUT2D eigenvalue weighted by atomic mass is 10.2. The van der Waals surface area contributed by atoms with Crippen molar-refractivity contribution in [2.45, 2.75) is 13.0 Å². The van der Waals surface area contributed by atoms with Gasteiger partial charge in [0, 0.05) is 32.9 Å². The lowest BCUT2D eigenvalue weighted by molar-refractivity contribution is -0.140. The average Bonchev–Trinajstić information content (AvgIpc) is 2.34. The van der Waals surface area contributed by atoms with E-state index in [9.17, 15) is 4.79 Å². The second-order valence-corrected chi connectivity index (χ2v) is 4.06. The Balaban J connectivity index is 2.30. The van der Waals surface area contributed by atoms with E-state index in [-0.39, 0.29) is 5.97 Å². The van der Waals surface area contributed by atoms with Gasteiger partial charge in [-0.25, -0.2) is 0 Å². The second-order valence-electron chi connectivity index (χ2n) is 4.06. The van der Waals surface area contributed by atoms with E-state index in [1.165, 1.54) is 18.4 Å². The van der Waals surface area contributed by atoms with Crippen LogP contribution in [0, 0.1) is 0 Å². The molecule has 0 heterocycles. The van der Waals surface area contributed by atoms with Crippen LogP contribution in [0.4, 0.5) is 5.69 Å². The summed E-state index contributed by atoms with van der Waals surface area (Å²) in [7, 11) is 5.44. The van der Waals surface area contributed by atoms with E-state index in [0.29, 0.717) is 13.0 Å². The van der Waals surface area contributed by atoms with Crippen LogP contribution in [0.25, 0.3) is 0 Å². The van der Waals surface area contributed by atoms with E-state index in [1.54, 1.807) is 0 Å². The third kappa shape index (κ3) is 4.87. The molecular weight excluding hydrogens is 216 g/mol. The minimum absolute atomic E-state index is 0.180. The SMILES string of the molecule is COC(=O)CCNCc1ccc(N(C)C)cc1. The van der Waals surface area contributed by atoms with Crippen LogP contribution < -0.4 is 10.2 Å². The number of esters is 1. The van der Waals surface area contributed by atoms with Crippen molar-refractivity contribution >= 4 is 11.7 Å². The molecule has 0 saturated carbocycles. The van der Waals surface area contributed by atoms with Crippen molar-refractivity contribution in [3.05, 3.63) is 29.8 Å². The molecule has 94 valence electrons. The van der Waals surface area contributed by atoms with Crippen molar-refractivity contribution in [1.29, 1.82) is 0 Å². The molecule has 0 bridgehead atoms. The van der Waals surface area contributed by atoms with Crippen molar-refractivity contribution in [2.24, 2.45) is 0 Å².